The highest BCUT2D eigenvalue weighted by Crippen LogP contribution is 2.42. The summed E-state index contributed by atoms with van der Waals surface area (Å²) in [5, 5.41) is 2.92. The molecule has 2 aromatic carbocycles. The number of hydrogen-bond donors (Lipinski definition) is 1. The van der Waals surface area contributed by atoms with Gasteiger partial charge in [-0.05, 0) is 58.0 Å². The number of benzene rings is 2. The van der Waals surface area contributed by atoms with Crippen LogP contribution in [0.15, 0.2) is 36.4 Å². The fraction of sp³-hybridized carbons (Fsp3) is 0.409. The van der Waals surface area contributed by atoms with Crippen LogP contribution in [-0.2, 0) is 9.31 Å². The van der Waals surface area contributed by atoms with E-state index in [9.17, 15) is 4.79 Å². The first kappa shape index (κ1) is 20.6. The lowest BCUT2D eigenvalue weighted by Gasteiger charge is -2.32. The number of carbonyl (C=O) groups is 1. The van der Waals surface area contributed by atoms with Crippen LogP contribution in [0.5, 0.6) is 11.5 Å². The van der Waals surface area contributed by atoms with Crippen molar-refractivity contribution in [3.63, 3.8) is 0 Å². The largest absolute Gasteiger partial charge is 0.498 e. The lowest BCUT2D eigenvalue weighted by molar-refractivity contribution is 0.00578. The zero-order valence-corrected chi connectivity index (χ0v) is 18.2. The molecule has 2 aromatic rings. The van der Waals surface area contributed by atoms with Gasteiger partial charge in [0.25, 0.3) is 5.91 Å². The number of anilines is 2. The van der Waals surface area contributed by atoms with Gasteiger partial charge in [0.1, 0.15) is 0 Å². The van der Waals surface area contributed by atoms with Crippen molar-refractivity contribution in [1.29, 1.82) is 0 Å². The predicted molar refractivity (Wildman–Crippen MR) is 117 cm³/mol. The summed E-state index contributed by atoms with van der Waals surface area (Å²) in [5.74, 6) is 0.802. The summed E-state index contributed by atoms with van der Waals surface area (Å²) in [7, 11) is 3.34. The SMILES string of the molecule is CN(C)c1ccc(C(=O)Nc2ccc(B3OC(C)(C)C(C)(C)O3)c3c2OCO3)cc1. The average Bonchev–Trinajstić information content (AvgIpc) is 3.24. The van der Waals surface area contributed by atoms with Crippen LogP contribution in [0.25, 0.3) is 0 Å². The van der Waals surface area contributed by atoms with Crippen molar-refractivity contribution in [2.75, 3.05) is 31.1 Å². The number of rotatable bonds is 4. The molecule has 4 rings (SSSR count). The first-order valence-corrected chi connectivity index (χ1v) is 9.96. The van der Waals surface area contributed by atoms with Gasteiger partial charge in [-0.2, -0.15) is 0 Å². The highest BCUT2D eigenvalue weighted by atomic mass is 16.7. The summed E-state index contributed by atoms with van der Waals surface area (Å²) >= 11 is 0. The van der Waals surface area contributed by atoms with Gasteiger partial charge in [0.05, 0.1) is 16.9 Å². The van der Waals surface area contributed by atoms with Crippen molar-refractivity contribution in [3.8, 4) is 11.5 Å². The summed E-state index contributed by atoms with van der Waals surface area (Å²) in [4.78, 5) is 14.7. The quantitative estimate of drug-likeness (QED) is 0.782. The van der Waals surface area contributed by atoms with E-state index in [1.807, 2.05) is 64.9 Å². The van der Waals surface area contributed by atoms with Crippen molar-refractivity contribution in [2.24, 2.45) is 0 Å². The van der Waals surface area contributed by atoms with Crippen molar-refractivity contribution < 1.29 is 23.6 Å². The van der Waals surface area contributed by atoms with Gasteiger partial charge in [-0.3, -0.25) is 4.79 Å². The van der Waals surface area contributed by atoms with E-state index in [-0.39, 0.29) is 12.7 Å². The van der Waals surface area contributed by atoms with E-state index >= 15 is 0 Å². The van der Waals surface area contributed by atoms with Crippen LogP contribution in [0.3, 0.4) is 0 Å². The maximum Gasteiger partial charge on any atom is 0.498 e. The average molecular weight is 410 g/mol. The minimum absolute atomic E-state index is 0.0756. The molecule has 0 spiro atoms. The Morgan fingerprint density at radius 1 is 0.933 bits per heavy atom. The Morgan fingerprint density at radius 3 is 2.13 bits per heavy atom. The van der Waals surface area contributed by atoms with Crippen molar-refractivity contribution in [3.05, 3.63) is 42.0 Å². The van der Waals surface area contributed by atoms with Gasteiger partial charge in [0, 0.05) is 30.8 Å². The minimum atomic E-state index is -0.575. The second kappa shape index (κ2) is 7.21. The van der Waals surface area contributed by atoms with Gasteiger partial charge in [-0.15, -0.1) is 0 Å². The molecule has 2 aliphatic heterocycles. The summed E-state index contributed by atoms with van der Waals surface area (Å²) in [6.45, 7) is 8.08. The Labute approximate surface area is 177 Å². The van der Waals surface area contributed by atoms with Gasteiger partial charge in [-0.25, -0.2) is 0 Å². The molecule has 2 aliphatic rings. The number of amides is 1. The van der Waals surface area contributed by atoms with E-state index in [1.165, 1.54) is 0 Å². The normalized spacial score (nSPS) is 18.4. The fourth-order valence-corrected chi connectivity index (χ4v) is 3.38. The molecule has 1 amide bonds. The molecule has 8 heteroatoms. The van der Waals surface area contributed by atoms with Gasteiger partial charge < -0.3 is 29.0 Å². The summed E-state index contributed by atoms with van der Waals surface area (Å²) in [6, 6.07) is 11.0. The molecule has 1 saturated heterocycles. The maximum atomic E-state index is 12.7. The van der Waals surface area contributed by atoms with Crippen LogP contribution in [0, 0.1) is 0 Å². The van der Waals surface area contributed by atoms with Crippen molar-refractivity contribution in [2.45, 2.75) is 38.9 Å². The third-order valence-corrected chi connectivity index (χ3v) is 5.95. The molecule has 0 saturated carbocycles. The Kier molecular flexibility index (Phi) is 4.94. The molecule has 0 atom stereocenters. The molecule has 7 nitrogen and oxygen atoms in total. The fourth-order valence-electron chi connectivity index (χ4n) is 3.38. The van der Waals surface area contributed by atoms with E-state index < -0.39 is 18.3 Å². The van der Waals surface area contributed by atoms with E-state index in [0.717, 1.165) is 11.2 Å². The van der Waals surface area contributed by atoms with Gasteiger partial charge in [-0.1, -0.05) is 6.07 Å². The third kappa shape index (κ3) is 3.50. The molecule has 0 unspecified atom stereocenters. The molecule has 30 heavy (non-hydrogen) atoms. The lowest BCUT2D eigenvalue weighted by atomic mass is 9.78. The number of ether oxygens (including phenoxy) is 2. The standard InChI is InChI=1S/C22H27BN2O5/c1-21(2)22(3,4)30-23(29-21)16-11-12-17(19-18(16)27-13-28-19)24-20(26)14-7-9-15(10-8-14)25(5)6/h7-12H,13H2,1-6H3,(H,24,26). The topological polar surface area (TPSA) is 69.3 Å². The first-order valence-electron chi connectivity index (χ1n) is 9.96. The van der Waals surface area contributed by atoms with Gasteiger partial charge >= 0.3 is 7.12 Å². The van der Waals surface area contributed by atoms with Crippen LogP contribution in [-0.4, -0.2) is 45.1 Å². The van der Waals surface area contributed by atoms with Crippen LogP contribution in [0.4, 0.5) is 11.4 Å². The van der Waals surface area contributed by atoms with Crippen LogP contribution < -0.4 is 25.2 Å². The van der Waals surface area contributed by atoms with Crippen LogP contribution in [0.2, 0.25) is 0 Å². The van der Waals surface area contributed by atoms with E-state index in [0.29, 0.717) is 22.7 Å². The zero-order valence-electron chi connectivity index (χ0n) is 18.2. The van der Waals surface area contributed by atoms with Gasteiger partial charge in [0.2, 0.25) is 6.79 Å². The van der Waals surface area contributed by atoms with Gasteiger partial charge in [0.15, 0.2) is 11.5 Å². The Balaban J connectivity index is 1.58. The molecule has 2 heterocycles. The van der Waals surface area contributed by atoms with Crippen LogP contribution >= 0.6 is 0 Å². The number of fused-ring (bicyclic) bond motifs is 1. The molecular formula is C22H27BN2O5. The van der Waals surface area contributed by atoms with E-state index in [2.05, 4.69) is 5.32 Å². The predicted octanol–water partition coefficient (Wildman–Crippen LogP) is 3.03. The number of nitrogens with zero attached hydrogens (tertiary/aromatic N) is 1. The molecule has 0 bridgehead atoms. The van der Waals surface area contributed by atoms with E-state index in [4.69, 9.17) is 18.8 Å². The number of hydrogen-bond acceptors (Lipinski definition) is 6. The Morgan fingerprint density at radius 2 is 1.53 bits per heavy atom. The molecule has 1 N–H and O–H groups in total. The highest BCUT2D eigenvalue weighted by Gasteiger charge is 2.53. The Hall–Kier alpha value is -2.71. The summed E-state index contributed by atoms with van der Waals surface area (Å²) < 4.78 is 23.7. The summed E-state index contributed by atoms with van der Waals surface area (Å²) in [5.41, 5.74) is 1.95. The third-order valence-electron chi connectivity index (χ3n) is 5.95. The van der Waals surface area contributed by atoms with Crippen LogP contribution in [0.1, 0.15) is 38.1 Å². The van der Waals surface area contributed by atoms with E-state index in [1.54, 1.807) is 18.2 Å². The second-order valence-electron chi connectivity index (χ2n) is 8.75. The maximum absolute atomic E-state index is 12.7. The summed E-state index contributed by atoms with van der Waals surface area (Å²) in [6.07, 6.45) is 0. The highest BCUT2D eigenvalue weighted by molar-refractivity contribution is 6.63. The minimum Gasteiger partial charge on any atom is -0.454 e. The Bertz CT molecular complexity index is 956. The zero-order chi connectivity index (χ0) is 21.7. The first-order chi connectivity index (χ1) is 14.1. The molecule has 1 fully saturated rings. The lowest BCUT2D eigenvalue weighted by Crippen LogP contribution is -2.41. The molecule has 0 aromatic heterocycles. The smallest absolute Gasteiger partial charge is 0.454 e. The number of carbonyl (C=O) groups excluding carboxylic acids is 1. The molecule has 0 aliphatic carbocycles. The molecule has 0 radical (unpaired) electrons. The second-order valence-corrected chi connectivity index (χ2v) is 8.75. The monoisotopic (exact) mass is 410 g/mol. The van der Waals surface area contributed by atoms with Crippen molar-refractivity contribution >= 4 is 29.9 Å². The molecular weight excluding hydrogens is 383 g/mol. The number of nitrogens with one attached hydrogen (secondary N) is 1. The van der Waals surface area contributed by atoms with Crippen molar-refractivity contribution in [1.82, 2.24) is 0 Å². The molecule has 158 valence electrons.